The largest absolute Gasteiger partial charge is 0.466 e. The maximum absolute atomic E-state index is 12.9. The highest BCUT2D eigenvalue weighted by Gasteiger charge is 2.26. The zero-order valence-electron chi connectivity index (χ0n) is 18.7. The molecule has 1 aromatic heterocycles. The molecule has 0 atom stereocenters. The Morgan fingerprint density at radius 3 is 2.67 bits per heavy atom. The van der Waals surface area contributed by atoms with Crippen LogP contribution in [0.15, 0.2) is 24.3 Å². The van der Waals surface area contributed by atoms with Gasteiger partial charge in [-0.3, -0.25) is 14.4 Å². The van der Waals surface area contributed by atoms with Gasteiger partial charge in [0.2, 0.25) is 16.9 Å². The molecular formula is C23H29ClN4O4S. The van der Waals surface area contributed by atoms with E-state index < -0.39 is 0 Å². The third-order valence-corrected chi connectivity index (χ3v) is 6.63. The van der Waals surface area contributed by atoms with Gasteiger partial charge < -0.3 is 15.0 Å². The maximum Gasteiger partial charge on any atom is 0.306 e. The van der Waals surface area contributed by atoms with Crippen molar-refractivity contribution in [1.29, 1.82) is 0 Å². The van der Waals surface area contributed by atoms with Gasteiger partial charge in [0.25, 0.3) is 0 Å². The number of carbonyl (C=O) groups is 3. The third kappa shape index (κ3) is 7.78. The minimum Gasteiger partial charge on any atom is -0.466 e. The van der Waals surface area contributed by atoms with E-state index in [0.717, 1.165) is 37.7 Å². The number of esters is 1. The van der Waals surface area contributed by atoms with Crippen LogP contribution in [0.3, 0.4) is 0 Å². The first-order valence-corrected chi connectivity index (χ1v) is 12.5. The van der Waals surface area contributed by atoms with Crippen LogP contribution in [0.1, 0.15) is 58.3 Å². The summed E-state index contributed by atoms with van der Waals surface area (Å²) in [6.45, 7) is 2.34. The van der Waals surface area contributed by atoms with Gasteiger partial charge in [-0.2, -0.15) is 0 Å². The molecule has 2 amide bonds. The van der Waals surface area contributed by atoms with Crippen molar-refractivity contribution in [3.63, 3.8) is 0 Å². The molecule has 0 saturated heterocycles. The summed E-state index contributed by atoms with van der Waals surface area (Å²) in [5, 5.41) is 12.6. The van der Waals surface area contributed by atoms with Crippen molar-refractivity contribution in [2.75, 3.05) is 18.5 Å². The van der Waals surface area contributed by atoms with Crippen molar-refractivity contribution < 1.29 is 19.1 Å². The summed E-state index contributed by atoms with van der Waals surface area (Å²) < 4.78 is 4.93. The second kappa shape index (κ2) is 12.6. The molecule has 178 valence electrons. The van der Waals surface area contributed by atoms with E-state index in [9.17, 15) is 14.4 Å². The van der Waals surface area contributed by atoms with Gasteiger partial charge in [-0.05, 0) is 31.9 Å². The average Bonchev–Trinajstić information content (AvgIpc) is 3.27. The van der Waals surface area contributed by atoms with Crippen LogP contribution in [0.5, 0.6) is 0 Å². The van der Waals surface area contributed by atoms with Crippen LogP contribution < -0.4 is 5.32 Å². The number of nitrogens with zero attached hydrogens (tertiary/aromatic N) is 3. The SMILES string of the molecule is CCOC(=O)CCC(=O)N(CCC(=O)Nc1nnc(-c2cccc(Cl)c2)s1)C1CCCCC1. The van der Waals surface area contributed by atoms with Gasteiger partial charge >= 0.3 is 5.97 Å². The Kier molecular flexibility index (Phi) is 9.62. The van der Waals surface area contributed by atoms with E-state index in [0.29, 0.717) is 28.3 Å². The first kappa shape index (κ1) is 25.1. The molecule has 33 heavy (non-hydrogen) atoms. The average molecular weight is 493 g/mol. The predicted octanol–water partition coefficient (Wildman–Crippen LogP) is 4.69. The quantitative estimate of drug-likeness (QED) is 0.483. The molecule has 1 aromatic carbocycles. The van der Waals surface area contributed by atoms with Gasteiger partial charge in [0.15, 0.2) is 0 Å². The van der Waals surface area contributed by atoms with Crippen LogP contribution in [0.25, 0.3) is 10.6 Å². The second-order valence-electron chi connectivity index (χ2n) is 7.90. The molecular weight excluding hydrogens is 464 g/mol. The number of anilines is 1. The normalized spacial score (nSPS) is 14.0. The Balaban J connectivity index is 1.56. The highest BCUT2D eigenvalue weighted by atomic mass is 35.5. The summed E-state index contributed by atoms with van der Waals surface area (Å²) in [7, 11) is 0. The molecule has 1 aliphatic carbocycles. The van der Waals surface area contributed by atoms with E-state index >= 15 is 0 Å². The van der Waals surface area contributed by atoms with E-state index in [1.54, 1.807) is 24.0 Å². The number of hydrogen-bond donors (Lipinski definition) is 1. The van der Waals surface area contributed by atoms with Crippen LogP contribution >= 0.6 is 22.9 Å². The van der Waals surface area contributed by atoms with Gasteiger partial charge in [0.1, 0.15) is 5.01 Å². The molecule has 3 rings (SSSR count). The van der Waals surface area contributed by atoms with Crippen molar-refractivity contribution in [2.24, 2.45) is 0 Å². The zero-order valence-corrected chi connectivity index (χ0v) is 20.3. The molecule has 2 aromatic rings. The number of rotatable bonds is 10. The van der Waals surface area contributed by atoms with E-state index in [1.165, 1.54) is 11.3 Å². The fourth-order valence-electron chi connectivity index (χ4n) is 3.91. The summed E-state index contributed by atoms with van der Waals surface area (Å²) >= 11 is 7.29. The maximum atomic E-state index is 12.9. The molecule has 0 radical (unpaired) electrons. The Morgan fingerprint density at radius 2 is 1.94 bits per heavy atom. The van der Waals surface area contributed by atoms with Crippen molar-refractivity contribution >= 4 is 45.9 Å². The Bertz CT molecular complexity index is 961. The fourth-order valence-corrected chi connectivity index (χ4v) is 4.85. The van der Waals surface area contributed by atoms with E-state index in [4.69, 9.17) is 16.3 Å². The molecule has 1 fully saturated rings. The van der Waals surface area contributed by atoms with Crippen LogP contribution in [0.2, 0.25) is 5.02 Å². The monoisotopic (exact) mass is 492 g/mol. The van der Waals surface area contributed by atoms with Crippen LogP contribution in [0, 0.1) is 0 Å². The molecule has 0 bridgehead atoms. The molecule has 8 nitrogen and oxygen atoms in total. The van der Waals surface area contributed by atoms with Crippen molar-refractivity contribution in [3.05, 3.63) is 29.3 Å². The topological polar surface area (TPSA) is 101 Å². The van der Waals surface area contributed by atoms with E-state index in [2.05, 4.69) is 15.5 Å². The minimum absolute atomic E-state index is 0.0547. The number of nitrogens with one attached hydrogen (secondary N) is 1. The number of ether oxygens (including phenoxy) is 1. The van der Waals surface area contributed by atoms with Gasteiger partial charge in [-0.1, -0.05) is 54.3 Å². The number of carbonyl (C=O) groups excluding carboxylic acids is 3. The highest BCUT2D eigenvalue weighted by Crippen LogP contribution is 2.28. The number of benzene rings is 1. The van der Waals surface area contributed by atoms with Gasteiger partial charge in [-0.25, -0.2) is 0 Å². The Morgan fingerprint density at radius 1 is 1.15 bits per heavy atom. The smallest absolute Gasteiger partial charge is 0.306 e. The first-order valence-electron chi connectivity index (χ1n) is 11.3. The van der Waals surface area contributed by atoms with E-state index in [-0.39, 0.29) is 43.1 Å². The summed E-state index contributed by atoms with van der Waals surface area (Å²) in [6, 6.07) is 7.38. The summed E-state index contributed by atoms with van der Waals surface area (Å²) in [4.78, 5) is 38.9. The van der Waals surface area contributed by atoms with Crippen LogP contribution in [-0.4, -0.2) is 52.1 Å². The van der Waals surface area contributed by atoms with Gasteiger partial charge in [0.05, 0.1) is 13.0 Å². The lowest BCUT2D eigenvalue weighted by molar-refractivity contribution is -0.146. The Hall–Kier alpha value is -2.52. The highest BCUT2D eigenvalue weighted by molar-refractivity contribution is 7.18. The standard InChI is InChI=1S/C23H29ClN4O4S/c1-2-32-21(31)12-11-20(30)28(18-9-4-3-5-10-18)14-13-19(29)25-23-27-26-22(33-23)16-7-6-8-17(24)15-16/h6-8,15,18H,2-5,9-14H2,1H3,(H,25,27,29). The predicted molar refractivity (Wildman–Crippen MR) is 128 cm³/mol. The second-order valence-corrected chi connectivity index (χ2v) is 9.32. The molecule has 1 heterocycles. The number of amides is 2. The lowest BCUT2D eigenvalue weighted by atomic mass is 9.93. The molecule has 1 saturated carbocycles. The summed E-state index contributed by atoms with van der Waals surface area (Å²) in [6.07, 6.45) is 5.43. The van der Waals surface area contributed by atoms with E-state index in [1.807, 2.05) is 12.1 Å². The minimum atomic E-state index is -0.376. The number of aromatic nitrogens is 2. The van der Waals surface area contributed by atoms with Gasteiger partial charge in [-0.15, -0.1) is 10.2 Å². The fraction of sp³-hybridized carbons (Fsp3) is 0.522. The molecule has 0 spiro atoms. The first-order chi connectivity index (χ1) is 16.0. The third-order valence-electron chi connectivity index (χ3n) is 5.51. The summed E-state index contributed by atoms with van der Waals surface area (Å²) in [5.41, 5.74) is 0.830. The molecule has 0 aliphatic heterocycles. The van der Waals surface area contributed by atoms with Crippen molar-refractivity contribution in [2.45, 2.75) is 64.3 Å². The van der Waals surface area contributed by atoms with Crippen molar-refractivity contribution in [3.8, 4) is 10.6 Å². The Labute approximate surface area is 202 Å². The lowest BCUT2D eigenvalue weighted by Crippen LogP contribution is -2.43. The molecule has 0 unspecified atom stereocenters. The molecule has 1 N–H and O–H groups in total. The van der Waals surface area contributed by atoms with Crippen LogP contribution in [0.4, 0.5) is 5.13 Å². The van der Waals surface area contributed by atoms with Crippen LogP contribution in [-0.2, 0) is 19.1 Å². The van der Waals surface area contributed by atoms with Gasteiger partial charge in [0, 0.05) is 36.0 Å². The molecule has 10 heteroatoms. The number of hydrogen-bond acceptors (Lipinski definition) is 7. The summed E-state index contributed by atoms with van der Waals surface area (Å²) in [5.74, 6) is -0.719. The lowest BCUT2D eigenvalue weighted by Gasteiger charge is -2.34. The zero-order chi connectivity index (χ0) is 23.6. The number of halogens is 1. The molecule has 1 aliphatic rings. The van der Waals surface area contributed by atoms with Crippen molar-refractivity contribution in [1.82, 2.24) is 15.1 Å².